The summed E-state index contributed by atoms with van der Waals surface area (Å²) in [7, 11) is 0. The van der Waals surface area contributed by atoms with Crippen molar-refractivity contribution in [3.05, 3.63) is 184 Å². The Hall–Kier alpha value is -4.63. The molecule has 7 rings (SSSR count). The first kappa shape index (κ1) is 35.8. The maximum absolute atomic E-state index is 13.6. The molecule has 1 aliphatic rings. The third-order valence-corrected chi connectivity index (χ3v) is 10.6. The highest BCUT2D eigenvalue weighted by atomic mass is 32.1. The quantitative estimate of drug-likeness (QED) is 0.122. The van der Waals surface area contributed by atoms with Gasteiger partial charge in [-0.2, -0.15) is 0 Å². The zero-order chi connectivity index (χ0) is 35.7. The topological polar surface area (TPSA) is 57.2 Å². The van der Waals surface area contributed by atoms with Gasteiger partial charge in [-0.25, -0.2) is 4.39 Å². The van der Waals surface area contributed by atoms with E-state index in [1.807, 2.05) is 91.9 Å². The smallest absolute Gasteiger partial charge is 0.123 e. The lowest BCUT2D eigenvalue weighted by atomic mass is 9.89. The average Bonchev–Trinajstić information content (AvgIpc) is 3.64. The molecule has 52 heavy (non-hydrogen) atoms. The van der Waals surface area contributed by atoms with E-state index in [1.165, 1.54) is 12.1 Å². The van der Waals surface area contributed by atoms with Gasteiger partial charge >= 0.3 is 0 Å². The molecule has 5 nitrogen and oxygen atoms in total. The van der Waals surface area contributed by atoms with Crippen molar-refractivity contribution in [2.75, 3.05) is 6.61 Å². The number of hydrogen-bond acceptors (Lipinski definition) is 6. The first-order chi connectivity index (χ1) is 25.5. The number of hydrogen-bond donors (Lipinski definition) is 1. The summed E-state index contributed by atoms with van der Waals surface area (Å²) in [5, 5.41) is 11.6. The fourth-order valence-electron chi connectivity index (χ4n) is 6.68. The van der Waals surface area contributed by atoms with Crippen LogP contribution in [0.2, 0.25) is 0 Å². The molecule has 0 saturated carbocycles. The lowest BCUT2D eigenvalue weighted by Gasteiger charge is -2.42. The molecule has 5 aromatic carbocycles. The monoisotopic (exact) mass is 714 g/mol. The number of thiophene rings is 1. The van der Waals surface area contributed by atoms with Crippen LogP contribution >= 0.6 is 11.3 Å². The Labute approximate surface area is 309 Å². The summed E-state index contributed by atoms with van der Waals surface area (Å²) in [6.07, 6.45) is -0.537. The molecule has 1 saturated heterocycles. The van der Waals surface area contributed by atoms with Gasteiger partial charge in [0, 0.05) is 28.2 Å². The Morgan fingerprint density at radius 3 is 2.00 bits per heavy atom. The standard InChI is InChI=1S/C45H43FO5S/c1-31-23-41(47)40(25-36(31)24-39-21-22-43(52-39)35-17-19-37(46)20-18-35)44-45(50-29-34-15-9-4-10-16-34)42(49-28-33-13-7-3-8-14-33)26-38(51-44)30-48-27-32-11-5-2-6-12-32/h2-23,25,38,42,44-45,47H,24,26-30H2,1H3. The van der Waals surface area contributed by atoms with Gasteiger partial charge in [0.2, 0.25) is 0 Å². The Morgan fingerprint density at radius 1 is 0.731 bits per heavy atom. The number of aryl methyl sites for hydroxylation is 1. The van der Waals surface area contributed by atoms with E-state index < -0.39 is 12.2 Å². The molecule has 0 amide bonds. The van der Waals surface area contributed by atoms with Crippen LogP contribution in [0, 0.1) is 12.7 Å². The first-order valence-electron chi connectivity index (χ1n) is 17.7. The van der Waals surface area contributed by atoms with Crippen molar-refractivity contribution in [2.24, 2.45) is 0 Å². The highest BCUT2D eigenvalue weighted by Crippen LogP contribution is 2.41. The number of rotatable bonds is 14. The molecule has 1 aromatic heterocycles. The van der Waals surface area contributed by atoms with Gasteiger partial charge in [-0.3, -0.25) is 0 Å². The van der Waals surface area contributed by atoms with Gasteiger partial charge < -0.3 is 24.1 Å². The van der Waals surface area contributed by atoms with Gasteiger partial charge in [0.25, 0.3) is 0 Å². The molecule has 4 atom stereocenters. The van der Waals surface area contributed by atoms with Crippen molar-refractivity contribution < 1.29 is 28.4 Å². The highest BCUT2D eigenvalue weighted by Gasteiger charge is 2.42. The number of halogens is 1. The molecule has 0 aliphatic carbocycles. The third kappa shape index (κ3) is 9.23. The maximum Gasteiger partial charge on any atom is 0.123 e. The zero-order valence-corrected chi connectivity index (χ0v) is 30.0. The van der Waals surface area contributed by atoms with Gasteiger partial charge in [-0.1, -0.05) is 103 Å². The first-order valence-corrected chi connectivity index (χ1v) is 18.6. The molecule has 1 N–H and O–H groups in total. The minimum Gasteiger partial charge on any atom is -0.508 e. The van der Waals surface area contributed by atoms with Crippen LogP contribution in [0.5, 0.6) is 5.75 Å². The predicted molar refractivity (Wildman–Crippen MR) is 204 cm³/mol. The number of ether oxygens (including phenoxy) is 4. The van der Waals surface area contributed by atoms with E-state index in [9.17, 15) is 9.50 Å². The van der Waals surface area contributed by atoms with Crippen molar-refractivity contribution in [3.8, 4) is 16.2 Å². The second-order valence-electron chi connectivity index (χ2n) is 13.3. The fraction of sp³-hybridized carbons (Fsp3) is 0.244. The van der Waals surface area contributed by atoms with Crippen LogP contribution in [-0.4, -0.2) is 30.0 Å². The lowest BCUT2D eigenvalue weighted by Crippen LogP contribution is -2.47. The Bertz CT molecular complexity index is 2000. The van der Waals surface area contributed by atoms with Gasteiger partial charge in [-0.15, -0.1) is 11.3 Å². The normalized spacial score (nSPS) is 18.7. The highest BCUT2D eigenvalue weighted by molar-refractivity contribution is 7.15. The van der Waals surface area contributed by atoms with Gasteiger partial charge in [0.05, 0.1) is 38.6 Å². The molecule has 6 aromatic rings. The van der Waals surface area contributed by atoms with Crippen molar-refractivity contribution in [2.45, 2.75) is 64.0 Å². The minimum atomic E-state index is -0.624. The maximum atomic E-state index is 13.6. The summed E-state index contributed by atoms with van der Waals surface area (Å²) < 4.78 is 40.1. The van der Waals surface area contributed by atoms with Crippen LogP contribution in [0.3, 0.4) is 0 Å². The molecule has 2 heterocycles. The van der Waals surface area contributed by atoms with Crippen LogP contribution in [0.15, 0.2) is 140 Å². The summed E-state index contributed by atoms with van der Waals surface area (Å²) >= 11 is 1.68. The van der Waals surface area contributed by atoms with E-state index in [-0.39, 0.29) is 23.8 Å². The molecular weight excluding hydrogens is 672 g/mol. The predicted octanol–water partition coefficient (Wildman–Crippen LogP) is 10.4. The lowest BCUT2D eigenvalue weighted by molar-refractivity contribution is -0.219. The SMILES string of the molecule is Cc1cc(O)c(C2OC(COCc3ccccc3)CC(OCc3ccccc3)C2OCc2ccccc2)cc1Cc1ccc(-c2ccc(F)cc2)s1. The van der Waals surface area contributed by atoms with E-state index in [1.54, 1.807) is 23.5 Å². The summed E-state index contributed by atoms with van der Waals surface area (Å²) in [6, 6.07) is 45.0. The average molecular weight is 715 g/mol. The Balaban J connectivity index is 1.18. The van der Waals surface area contributed by atoms with Crippen molar-refractivity contribution in [1.82, 2.24) is 0 Å². The molecular formula is C45H43FO5S. The Morgan fingerprint density at radius 2 is 1.35 bits per heavy atom. The molecule has 0 bridgehead atoms. The number of benzene rings is 5. The van der Waals surface area contributed by atoms with Crippen LogP contribution in [0.25, 0.3) is 10.4 Å². The molecule has 7 heteroatoms. The van der Waals surface area contributed by atoms with Crippen molar-refractivity contribution in [1.29, 1.82) is 0 Å². The molecule has 266 valence electrons. The van der Waals surface area contributed by atoms with Crippen LogP contribution in [0.4, 0.5) is 4.39 Å². The minimum absolute atomic E-state index is 0.158. The van der Waals surface area contributed by atoms with Gasteiger partial charge in [0.1, 0.15) is 23.8 Å². The molecule has 0 spiro atoms. The van der Waals surface area contributed by atoms with Crippen molar-refractivity contribution in [3.63, 3.8) is 0 Å². The largest absolute Gasteiger partial charge is 0.508 e. The van der Waals surface area contributed by atoms with E-state index in [0.717, 1.165) is 43.1 Å². The molecule has 1 fully saturated rings. The molecule has 4 unspecified atom stereocenters. The van der Waals surface area contributed by atoms with E-state index in [2.05, 4.69) is 30.3 Å². The summed E-state index contributed by atoms with van der Waals surface area (Å²) in [5.41, 5.74) is 6.91. The van der Waals surface area contributed by atoms with Crippen LogP contribution in [0.1, 0.15) is 50.8 Å². The van der Waals surface area contributed by atoms with Gasteiger partial charge in [-0.05, 0) is 76.7 Å². The molecule has 0 radical (unpaired) electrons. The van der Waals surface area contributed by atoms with Crippen LogP contribution < -0.4 is 0 Å². The van der Waals surface area contributed by atoms with Crippen molar-refractivity contribution >= 4 is 11.3 Å². The number of phenols is 1. The second-order valence-corrected chi connectivity index (χ2v) is 14.5. The zero-order valence-electron chi connectivity index (χ0n) is 29.2. The molecule has 1 aliphatic heterocycles. The third-order valence-electron chi connectivity index (χ3n) is 9.45. The second kappa shape index (κ2) is 17.3. The number of phenolic OH excluding ortho intramolecular Hbond substituents is 1. The summed E-state index contributed by atoms with van der Waals surface area (Å²) in [5.74, 6) is -0.0909. The van der Waals surface area contributed by atoms with E-state index in [0.29, 0.717) is 44.8 Å². The van der Waals surface area contributed by atoms with E-state index >= 15 is 0 Å². The number of aromatic hydroxyl groups is 1. The van der Waals surface area contributed by atoms with Gasteiger partial charge in [0.15, 0.2) is 0 Å². The fourth-order valence-corrected chi connectivity index (χ4v) is 7.71. The van der Waals surface area contributed by atoms with Crippen LogP contribution in [-0.2, 0) is 45.2 Å². The Kier molecular flexibility index (Phi) is 11.9. The summed E-state index contributed by atoms with van der Waals surface area (Å²) in [6.45, 7) is 3.64. The van der Waals surface area contributed by atoms with E-state index in [4.69, 9.17) is 18.9 Å². The summed E-state index contributed by atoms with van der Waals surface area (Å²) in [4.78, 5) is 2.24.